The van der Waals surface area contributed by atoms with Crippen molar-refractivity contribution in [1.29, 1.82) is 0 Å². The Kier molecular flexibility index (Phi) is 4.22. The molecule has 0 saturated carbocycles. The van der Waals surface area contributed by atoms with Crippen LogP contribution in [0, 0.1) is 0 Å². The lowest BCUT2D eigenvalue weighted by molar-refractivity contribution is -0.135. The highest BCUT2D eigenvalue weighted by Gasteiger charge is 2.32. The number of carbonyl (C=O) groups excluding carboxylic acids is 1. The van der Waals surface area contributed by atoms with E-state index in [1.54, 1.807) is 19.0 Å². The van der Waals surface area contributed by atoms with Crippen LogP contribution in [0.4, 0.5) is 0 Å². The fraction of sp³-hybridized carbons (Fsp3) is 0.533. The first kappa shape index (κ1) is 14.0. The molecular formula is C15H23N3O. The van der Waals surface area contributed by atoms with Crippen LogP contribution in [-0.2, 0) is 11.2 Å². The molecule has 0 bridgehead atoms. The molecule has 1 heterocycles. The van der Waals surface area contributed by atoms with Crippen LogP contribution in [0.15, 0.2) is 24.3 Å². The molecule has 1 aromatic carbocycles. The SMILES string of the molecule is CC(C(=O)N(C)C)N1CCc2ccccc2C1CN. The highest BCUT2D eigenvalue weighted by Crippen LogP contribution is 2.30. The van der Waals surface area contributed by atoms with Gasteiger partial charge in [-0.1, -0.05) is 24.3 Å². The number of hydrogen-bond donors (Lipinski definition) is 1. The van der Waals surface area contributed by atoms with Crippen molar-refractivity contribution < 1.29 is 4.79 Å². The number of amides is 1. The summed E-state index contributed by atoms with van der Waals surface area (Å²) in [4.78, 5) is 16.0. The zero-order valence-electron chi connectivity index (χ0n) is 12.0. The lowest BCUT2D eigenvalue weighted by Gasteiger charge is -2.40. The van der Waals surface area contributed by atoms with Gasteiger partial charge in [-0.25, -0.2) is 0 Å². The molecular weight excluding hydrogens is 238 g/mol. The summed E-state index contributed by atoms with van der Waals surface area (Å²) < 4.78 is 0. The summed E-state index contributed by atoms with van der Waals surface area (Å²) in [6, 6.07) is 8.42. The fourth-order valence-corrected chi connectivity index (χ4v) is 2.91. The summed E-state index contributed by atoms with van der Waals surface area (Å²) in [7, 11) is 3.60. The number of likely N-dealkylation sites (N-methyl/N-ethyl adjacent to an activating group) is 1. The topological polar surface area (TPSA) is 49.6 Å². The molecule has 0 fully saturated rings. The zero-order chi connectivity index (χ0) is 14.0. The minimum atomic E-state index is -0.128. The quantitative estimate of drug-likeness (QED) is 0.884. The lowest BCUT2D eigenvalue weighted by Crippen LogP contribution is -2.50. The fourth-order valence-electron chi connectivity index (χ4n) is 2.91. The smallest absolute Gasteiger partial charge is 0.239 e. The molecule has 0 saturated heterocycles. The van der Waals surface area contributed by atoms with Gasteiger partial charge in [-0.05, 0) is 24.5 Å². The maximum absolute atomic E-state index is 12.2. The number of nitrogens with zero attached hydrogens (tertiary/aromatic N) is 2. The van der Waals surface area contributed by atoms with Crippen molar-refractivity contribution in [1.82, 2.24) is 9.80 Å². The Morgan fingerprint density at radius 1 is 1.47 bits per heavy atom. The van der Waals surface area contributed by atoms with Gasteiger partial charge < -0.3 is 10.6 Å². The normalized spacial score (nSPS) is 20.7. The number of benzene rings is 1. The molecule has 104 valence electrons. The second kappa shape index (κ2) is 5.72. The van der Waals surface area contributed by atoms with Crippen LogP contribution in [0.25, 0.3) is 0 Å². The van der Waals surface area contributed by atoms with Crippen LogP contribution in [-0.4, -0.2) is 48.9 Å². The molecule has 2 atom stereocenters. The molecule has 0 aromatic heterocycles. The molecule has 1 aromatic rings. The first-order valence-corrected chi connectivity index (χ1v) is 6.81. The van der Waals surface area contributed by atoms with Crippen molar-refractivity contribution in [3.8, 4) is 0 Å². The van der Waals surface area contributed by atoms with Crippen LogP contribution in [0.2, 0.25) is 0 Å². The largest absolute Gasteiger partial charge is 0.347 e. The Morgan fingerprint density at radius 2 is 2.16 bits per heavy atom. The molecule has 1 amide bonds. The molecule has 0 spiro atoms. The summed E-state index contributed by atoms with van der Waals surface area (Å²) in [5, 5.41) is 0. The van der Waals surface area contributed by atoms with Gasteiger partial charge >= 0.3 is 0 Å². The van der Waals surface area contributed by atoms with E-state index in [1.807, 2.05) is 13.0 Å². The number of carbonyl (C=O) groups is 1. The van der Waals surface area contributed by atoms with Crippen LogP contribution in [0.1, 0.15) is 24.1 Å². The Bertz CT molecular complexity index is 458. The molecule has 0 aliphatic carbocycles. The van der Waals surface area contributed by atoms with Crippen molar-refractivity contribution >= 4 is 5.91 Å². The van der Waals surface area contributed by atoms with Crippen LogP contribution < -0.4 is 5.73 Å². The minimum absolute atomic E-state index is 0.128. The summed E-state index contributed by atoms with van der Waals surface area (Å²) in [5.74, 6) is 0.137. The summed E-state index contributed by atoms with van der Waals surface area (Å²) in [5.41, 5.74) is 8.59. The van der Waals surface area contributed by atoms with Gasteiger partial charge in [0.1, 0.15) is 0 Å². The van der Waals surface area contributed by atoms with E-state index in [1.165, 1.54) is 11.1 Å². The van der Waals surface area contributed by atoms with Crippen LogP contribution in [0.5, 0.6) is 0 Å². The molecule has 4 heteroatoms. The molecule has 2 rings (SSSR count). The van der Waals surface area contributed by atoms with Gasteiger partial charge in [0.15, 0.2) is 0 Å². The van der Waals surface area contributed by atoms with Crippen molar-refractivity contribution in [2.45, 2.75) is 25.4 Å². The first-order valence-electron chi connectivity index (χ1n) is 6.81. The summed E-state index contributed by atoms with van der Waals surface area (Å²) >= 11 is 0. The Morgan fingerprint density at radius 3 is 2.79 bits per heavy atom. The molecule has 0 radical (unpaired) electrons. The molecule has 1 aliphatic rings. The van der Waals surface area contributed by atoms with E-state index >= 15 is 0 Å². The minimum Gasteiger partial charge on any atom is -0.347 e. The highest BCUT2D eigenvalue weighted by molar-refractivity contribution is 5.81. The number of fused-ring (bicyclic) bond motifs is 1. The molecule has 1 aliphatic heterocycles. The van der Waals surface area contributed by atoms with Gasteiger partial charge in [0.25, 0.3) is 0 Å². The van der Waals surface area contributed by atoms with Crippen molar-refractivity contribution in [2.75, 3.05) is 27.2 Å². The maximum atomic E-state index is 12.2. The number of nitrogens with two attached hydrogens (primary N) is 1. The molecule has 19 heavy (non-hydrogen) atoms. The standard InChI is InChI=1S/C15H23N3O/c1-11(15(19)17(2)3)18-9-8-12-6-4-5-7-13(12)14(18)10-16/h4-7,11,14H,8-10,16H2,1-3H3. The molecule has 2 unspecified atom stereocenters. The molecule has 2 N–H and O–H groups in total. The Hall–Kier alpha value is -1.39. The van der Waals surface area contributed by atoms with E-state index in [2.05, 4.69) is 23.1 Å². The van der Waals surface area contributed by atoms with Gasteiger partial charge in [0, 0.05) is 33.2 Å². The van der Waals surface area contributed by atoms with E-state index in [0.717, 1.165) is 13.0 Å². The highest BCUT2D eigenvalue weighted by atomic mass is 16.2. The molecule has 4 nitrogen and oxygen atoms in total. The number of rotatable bonds is 3. The lowest BCUT2D eigenvalue weighted by atomic mass is 9.91. The maximum Gasteiger partial charge on any atom is 0.239 e. The predicted molar refractivity (Wildman–Crippen MR) is 76.8 cm³/mol. The van der Waals surface area contributed by atoms with Crippen molar-refractivity contribution in [3.63, 3.8) is 0 Å². The first-order chi connectivity index (χ1) is 9.06. The van der Waals surface area contributed by atoms with Gasteiger partial charge in [0.05, 0.1) is 6.04 Å². The second-order valence-electron chi connectivity index (χ2n) is 5.35. The van der Waals surface area contributed by atoms with E-state index in [0.29, 0.717) is 6.54 Å². The third kappa shape index (κ3) is 2.65. The van der Waals surface area contributed by atoms with Crippen LogP contribution in [0.3, 0.4) is 0 Å². The van der Waals surface area contributed by atoms with E-state index < -0.39 is 0 Å². The number of hydrogen-bond acceptors (Lipinski definition) is 3. The van der Waals surface area contributed by atoms with E-state index in [-0.39, 0.29) is 18.0 Å². The third-order valence-corrected chi connectivity index (χ3v) is 3.97. The van der Waals surface area contributed by atoms with Gasteiger partial charge in [-0.2, -0.15) is 0 Å². The van der Waals surface area contributed by atoms with E-state index in [4.69, 9.17) is 5.73 Å². The third-order valence-electron chi connectivity index (χ3n) is 3.97. The van der Waals surface area contributed by atoms with Gasteiger partial charge in [-0.3, -0.25) is 9.69 Å². The van der Waals surface area contributed by atoms with Gasteiger partial charge in [0.2, 0.25) is 5.91 Å². The average Bonchev–Trinajstić information content (AvgIpc) is 2.44. The predicted octanol–water partition coefficient (Wildman–Crippen LogP) is 1.02. The average molecular weight is 261 g/mol. The monoisotopic (exact) mass is 261 g/mol. The van der Waals surface area contributed by atoms with Crippen LogP contribution >= 0.6 is 0 Å². The zero-order valence-corrected chi connectivity index (χ0v) is 12.0. The summed E-state index contributed by atoms with van der Waals surface area (Å²) in [6.45, 7) is 3.40. The second-order valence-corrected chi connectivity index (χ2v) is 5.35. The van der Waals surface area contributed by atoms with Gasteiger partial charge in [-0.15, -0.1) is 0 Å². The van der Waals surface area contributed by atoms with E-state index in [9.17, 15) is 4.79 Å². The summed E-state index contributed by atoms with van der Waals surface area (Å²) in [6.07, 6.45) is 0.984. The Balaban J connectivity index is 2.27. The van der Waals surface area contributed by atoms with Crippen molar-refractivity contribution in [2.24, 2.45) is 5.73 Å². The van der Waals surface area contributed by atoms with Crippen molar-refractivity contribution in [3.05, 3.63) is 35.4 Å². The Labute approximate surface area is 115 Å².